The highest BCUT2D eigenvalue weighted by atomic mass is 32.2. The summed E-state index contributed by atoms with van der Waals surface area (Å²) in [5.41, 5.74) is 0. The Morgan fingerprint density at radius 3 is 2.83 bits per heavy atom. The molecule has 1 heterocycles. The van der Waals surface area contributed by atoms with Crippen LogP contribution in [0.4, 0.5) is 0 Å². The van der Waals surface area contributed by atoms with Crippen molar-refractivity contribution in [3.63, 3.8) is 0 Å². The number of nitrogens with one attached hydrogen (secondary N) is 1. The van der Waals surface area contributed by atoms with Crippen molar-refractivity contribution in [2.45, 2.75) is 38.3 Å². The Morgan fingerprint density at radius 2 is 2.28 bits per heavy atom. The second-order valence-corrected chi connectivity index (χ2v) is 5.38. The summed E-state index contributed by atoms with van der Waals surface area (Å²) in [6.07, 6.45) is 3.76. The van der Waals surface area contributed by atoms with E-state index in [2.05, 4.69) is 5.32 Å². The van der Waals surface area contributed by atoms with Crippen LogP contribution in [0.5, 0.6) is 0 Å². The first-order chi connectivity index (χ1) is 8.60. The number of carbonyl (C=O) groups is 2. The van der Waals surface area contributed by atoms with Crippen LogP contribution in [-0.4, -0.2) is 47.7 Å². The summed E-state index contributed by atoms with van der Waals surface area (Å²) in [5, 5.41) is 11.7. The van der Waals surface area contributed by atoms with Crippen LogP contribution in [0.1, 0.15) is 26.2 Å². The summed E-state index contributed by atoms with van der Waals surface area (Å²) in [5.74, 6) is -0.640. The minimum Gasteiger partial charge on any atom is -0.480 e. The van der Waals surface area contributed by atoms with Gasteiger partial charge in [-0.1, -0.05) is 6.92 Å². The molecule has 0 aliphatic carbocycles. The summed E-state index contributed by atoms with van der Waals surface area (Å²) in [4.78, 5) is 23.1. The maximum Gasteiger partial charge on any atom is 0.326 e. The molecule has 1 rings (SSSR count). The van der Waals surface area contributed by atoms with Gasteiger partial charge in [0.1, 0.15) is 6.04 Å². The molecular formula is C12H21NO4S. The number of hydrogen-bond acceptors (Lipinski definition) is 4. The zero-order chi connectivity index (χ0) is 13.5. The quantitative estimate of drug-likeness (QED) is 0.728. The van der Waals surface area contributed by atoms with E-state index in [0.29, 0.717) is 19.4 Å². The second-order valence-electron chi connectivity index (χ2n) is 4.39. The smallest absolute Gasteiger partial charge is 0.326 e. The molecule has 1 aliphatic heterocycles. The van der Waals surface area contributed by atoms with E-state index in [1.807, 2.05) is 13.2 Å². The fraction of sp³-hybridized carbons (Fsp3) is 0.833. The van der Waals surface area contributed by atoms with Crippen molar-refractivity contribution in [1.82, 2.24) is 5.32 Å². The molecular weight excluding hydrogens is 254 g/mol. The van der Waals surface area contributed by atoms with Crippen LogP contribution in [0.2, 0.25) is 0 Å². The molecule has 3 atom stereocenters. The van der Waals surface area contributed by atoms with Crippen molar-refractivity contribution in [1.29, 1.82) is 0 Å². The van der Waals surface area contributed by atoms with Crippen molar-refractivity contribution >= 4 is 23.6 Å². The zero-order valence-electron chi connectivity index (χ0n) is 10.8. The third-order valence-corrected chi connectivity index (χ3v) is 3.82. The second kappa shape index (κ2) is 7.63. The Hall–Kier alpha value is -0.750. The first-order valence-corrected chi connectivity index (χ1v) is 7.63. The van der Waals surface area contributed by atoms with Crippen molar-refractivity contribution in [2.24, 2.45) is 5.92 Å². The number of hydrogen-bond donors (Lipinski definition) is 2. The molecule has 5 nitrogen and oxygen atoms in total. The van der Waals surface area contributed by atoms with E-state index in [1.165, 1.54) is 0 Å². The lowest BCUT2D eigenvalue weighted by molar-refractivity contribution is -0.142. The lowest BCUT2D eigenvalue weighted by atomic mass is 9.98. The predicted molar refractivity (Wildman–Crippen MR) is 70.7 cm³/mol. The Balaban J connectivity index is 2.52. The molecule has 0 radical (unpaired) electrons. The molecule has 1 aliphatic rings. The number of amides is 1. The third-order valence-electron chi connectivity index (χ3n) is 3.17. The molecule has 18 heavy (non-hydrogen) atoms. The summed E-state index contributed by atoms with van der Waals surface area (Å²) < 4.78 is 5.45. The van der Waals surface area contributed by atoms with Gasteiger partial charge in [-0.3, -0.25) is 4.79 Å². The molecule has 0 aromatic carbocycles. The average Bonchev–Trinajstić information content (AvgIpc) is 2.82. The summed E-state index contributed by atoms with van der Waals surface area (Å²) in [6.45, 7) is 2.55. The van der Waals surface area contributed by atoms with E-state index in [4.69, 9.17) is 9.84 Å². The van der Waals surface area contributed by atoms with Crippen molar-refractivity contribution in [3.8, 4) is 0 Å². The number of thioether (sulfide) groups is 1. The van der Waals surface area contributed by atoms with E-state index in [0.717, 1.165) is 12.2 Å². The SMILES string of the molecule is CCC1OCCC1C(=O)NC(CCSC)C(=O)O. The number of rotatable bonds is 7. The summed E-state index contributed by atoms with van der Waals surface area (Å²) in [7, 11) is 0. The van der Waals surface area contributed by atoms with Gasteiger partial charge in [-0.2, -0.15) is 11.8 Å². The van der Waals surface area contributed by atoms with Gasteiger partial charge in [0.15, 0.2) is 0 Å². The van der Waals surface area contributed by atoms with E-state index in [1.54, 1.807) is 11.8 Å². The molecule has 6 heteroatoms. The van der Waals surface area contributed by atoms with Crippen molar-refractivity contribution in [2.75, 3.05) is 18.6 Å². The molecule has 1 amide bonds. The Kier molecular flexibility index (Phi) is 6.49. The van der Waals surface area contributed by atoms with Gasteiger partial charge in [0.05, 0.1) is 12.0 Å². The maximum atomic E-state index is 12.0. The Labute approximate surface area is 112 Å². The van der Waals surface area contributed by atoms with Crippen LogP contribution in [0.15, 0.2) is 0 Å². The standard InChI is InChI=1S/C12H21NO4S/c1-3-10-8(4-6-17-10)11(14)13-9(12(15)16)5-7-18-2/h8-10H,3-7H2,1-2H3,(H,13,14)(H,15,16). The minimum absolute atomic E-state index is 0.0694. The Bertz CT molecular complexity index is 298. The van der Waals surface area contributed by atoms with Crippen LogP contribution in [0.3, 0.4) is 0 Å². The lowest BCUT2D eigenvalue weighted by Crippen LogP contribution is -2.45. The first kappa shape index (κ1) is 15.3. The van der Waals surface area contributed by atoms with Gasteiger partial charge < -0.3 is 15.2 Å². The molecule has 104 valence electrons. The maximum absolute atomic E-state index is 12.0. The number of aliphatic carboxylic acids is 1. The fourth-order valence-corrected chi connectivity index (χ4v) is 2.59. The van der Waals surface area contributed by atoms with Crippen LogP contribution in [-0.2, 0) is 14.3 Å². The van der Waals surface area contributed by atoms with Crippen molar-refractivity contribution < 1.29 is 19.4 Å². The van der Waals surface area contributed by atoms with Crippen LogP contribution in [0.25, 0.3) is 0 Å². The van der Waals surface area contributed by atoms with Gasteiger partial charge in [0.25, 0.3) is 0 Å². The topological polar surface area (TPSA) is 75.6 Å². The normalized spacial score (nSPS) is 24.8. The predicted octanol–water partition coefficient (Wildman–Crippen LogP) is 1.12. The monoisotopic (exact) mass is 275 g/mol. The highest BCUT2D eigenvalue weighted by molar-refractivity contribution is 7.98. The molecule has 1 fully saturated rings. The van der Waals surface area contributed by atoms with E-state index >= 15 is 0 Å². The van der Waals surface area contributed by atoms with E-state index < -0.39 is 12.0 Å². The highest BCUT2D eigenvalue weighted by Crippen LogP contribution is 2.23. The largest absolute Gasteiger partial charge is 0.480 e. The average molecular weight is 275 g/mol. The highest BCUT2D eigenvalue weighted by Gasteiger charge is 2.34. The first-order valence-electron chi connectivity index (χ1n) is 6.23. The van der Waals surface area contributed by atoms with Gasteiger partial charge in [0.2, 0.25) is 5.91 Å². The van der Waals surface area contributed by atoms with Crippen LogP contribution in [0, 0.1) is 5.92 Å². The number of carboxylic acids is 1. The molecule has 0 aromatic heterocycles. The summed E-state index contributed by atoms with van der Waals surface area (Å²) in [6, 6.07) is -0.789. The lowest BCUT2D eigenvalue weighted by Gasteiger charge is -2.20. The molecule has 0 aromatic rings. The van der Waals surface area contributed by atoms with E-state index in [-0.39, 0.29) is 17.9 Å². The minimum atomic E-state index is -0.968. The van der Waals surface area contributed by atoms with Gasteiger partial charge in [-0.25, -0.2) is 4.79 Å². The molecule has 0 bridgehead atoms. The molecule has 1 saturated heterocycles. The van der Waals surface area contributed by atoms with Crippen LogP contribution >= 0.6 is 11.8 Å². The molecule has 2 N–H and O–H groups in total. The zero-order valence-corrected chi connectivity index (χ0v) is 11.7. The van der Waals surface area contributed by atoms with Crippen LogP contribution < -0.4 is 5.32 Å². The number of carbonyl (C=O) groups excluding carboxylic acids is 1. The van der Waals surface area contributed by atoms with Gasteiger partial charge in [-0.05, 0) is 31.3 Å². The van der Waals surface area contributed by atoms with E-state index in [9.17, 15) is 9.59 Å². The molecule has 0 saturated carbocycles. The molecule has 0 spiro atoms. The third kappa shape index (κ3) is 4.17. The summed E-state index contributed by atoms with van der Waals surface area (Å²) >= 11 is 1.57. The van der Waals surface area contributed by atoms with Crippen molar-refractivity contribution in [3.05, 3.63) is 0 Å². The number of ether oxygens (including phenoxy) is 1. The fourth-order valence-electron chi connectivity index (χ4n) is 2.12. The Morgan fingerprint density at radius 1 is 1.56 bits per heavy atom. The van der Waals surface area contributed by atoms with Gasteiger partial charge in [0, 0.05) is 6.61 Å². The van der Waals surface area contributed by atoms with Gasteiger partial charge in [-0.15, -0.1) is 0 Å². The van der Waals surface area contributed by atoms with Gasteiger partial charge >= 0.3 is 5.97 Å². The number of carboxylic acid groups (broad SMARTS) is 1. The molecule has 3 unspecified atom stereocenters.